The molecular formula is C16H21ClN2O. The van der Waals surface area contributed by atoms with Crippen LogP contribution in [0.5, 0.6) is 0 Å². The van der Waals surface area contributed by atoms with Gasteiger partial charge in [0.2, 0.25) is 5.91 Å². The highest BCUT2D eigenvalue weighted by molar-refractivity contribution is 6.30. The number of hydrogen-bond acceptors (Lipinski definition) is 2. The van der Waals surface area contributed by atoms with E-state index in [1.807, 2.05) is 6.07 Å². The number of benzene rings is 1. The summed E-state index contributed by atoms with van der Waals surface area (Å²) >= 11 is 6.01. The smallest absolute Gasteiger partial charge is 0.220 e. The van der Waals surface area contributed by atoms with E-state index in [9.17, 15) is 4.79 Å². The minimum Gasteiger partial charge on any atom is -0.353 e. The van der Waals surface area contributed by atoms with E-state index in [0.29, 0.717) is 18.5 Å². The van der Waals surface area contributed by atoms with Crippen LogP contribution in [0.3, 0.4) is 0 Å². The Morgan fingerprint density at radius 1 is 1.30 bits per heavy atom. The molecule has 20 heavy (non-hydrogen) atoms. The molecule has 1 aromatic carbocycles. The van der Waals surface area contributed by atoms with Crippen LogP contribution in [-0.2, 0) is 11.2 Å². The molecule has 108 valence electrons. The first-order chi connectivity index (χ1) is 9.72. The first-order valence-corrected chi connectivity index (χ1v) is 7.91. The van der Waals surface area contributed by atoms with Gasteiger partial charge in [0, 0.05) is 23.5 Å². The van der Waals surface area contributed by atoms with Crippen molar-refractivity contribution in [3.8, 4) is 0 Å². The third-order valence-electron chi connectivity index (χ3n) is 4.10. The molecule has 3 rings (SSSR count). The summed E-state index contributed by atoms with van der Waals surface area (Å²) in [5, 5.41) is 7.40. The molecule has 1 fully saturated rings. The Hall–Kier alpha value is -1.06. The lowest BCUT2D eigenvalue weighted by Crippen LogP contribution is -2.27. The first-order valence-electron chi connectivity index (χ1n) is 7.53. The molecule has 2 aliphatic carbocycles. The summed E-state index contributed by atoms with van der Waals surface area (Å²) in [5.74, 6) is 0.202. The number of carbonyl (C=O) groups is 1. The van der Waals surface area contributed by atoms with Gasteiger partial charge in [0.25, 0.3) is 0 Å². The van der Waals surface area contributed by atoms with Gasteiger partial charge < -0.3 is 10.6 Å². The third-order valence-corrected chi connectivity index (χ3v) is 4.33. The van der Waals surface area contributed by atoms with Crippen molar-refractivity contribution >= 4 is 17.5 Å². The minimum absolute atomic E-state index is 0.202. The van der Waals surface area contributed by atoms with E-state index >= 15 is 0 Å². The minimum atomic E-state index is 0.202. The van der Waals surface area contributed by atoms with Crippen molar-refractivity contribution in [1.82, 2.24) is 10.6 Å². The van der Waals surface area contributed by atoms with Crippen LogP contribution in [0.15, 0.2) is 18.2 Å². The Kier molecular flexibility index (Phi) is 4.27. The molecule has 0 aliphatic heterocycles. The number of aryl methyl sites for hydroxylation is 1. The summed E-state index contributed by atoms with van der Waals surface area (Å²) in [4.78, 5) is 11.6. The molecule has 1 aromatic rings. The van der Waals surface area contributed by atoms with Crippen molar-refractivity contribution in [2.45, 2.75) is 50.6 Å². The Balaban J connectivity index is 1.40. The third kappa shape index (κ3) is 3.53. The molecule has 0 radical (unpaired) electrons. The first kappa shape index (κ1) is 13.9. The molecular weight excluding hydrogens is 272 g/mol. The van der Waals surface area contributed by atoms with E-state index in [4.69, 9.17) is 11.6 Å². The highest BCUT2D eigenvalue weighted by Crippen LogP contribution is 2.32. The number of carbonyl (C=O) groups excluding carboxylic acids is 1. The van der Waals surface area contributed by atoms with Gasteiger partial charge >= 0.3 is 0 Å². The second kappa shape index (κ2) is 6.15. The Morgan fingerprint density at radius 3 is 2.95 bits per heavy atom. The van der Waals surface area contributed by atoms with Gasteiger partial charge in [-0.1, -0.05) is 17.7 Å². The predicted molar refractivity (Wildman–Crippen MR) is 80.9 cm³/mol. The van der Waals surface area contributed by atoms with Crippen molar-refractivity contribution in [3.05, 3.63) is 34.3 Å². The number of halogens is 1. The fourth-order valence-electron chi connectivity index (χ4n) is 2.85. The number of hydrogen-bond donors (Lipinski definition) is 2. The lowest BCUT2D eigenvalue weighted by atomic mass is 10.1. The van der Waals surface area contributed by atoms with E-state index in [2.05, 4.69) is 22.8 Å². The van der Waals surface area contributed by atoms with Crippen LogP contribution in [0.25, 0.3) is 0 Å². The van der Waals surface area contributed by atoms with Crippen LogP contribution in [0.2, 0.25) is 5.02 Å². The lowest BCUT2D eigenvalue weighted by Gasteiger charge is -2.14. The van der Waals surface area contributed by atoms with Gasteiger partial charge in [-0.2, -0.15) is 0 Å². The second-order valence-electron chi connectivity index (χ2n) is 5.83. The molecule has 0 bridgehead atoms. The Morgan fingerprint density at radius 2 is 2.15 bits per heavy atom. The van der Waals surface area contributed by atoms with Crippen LogP contribution in [-0.4, -0.2) is 18.5 Å². The normalized spacial score (nSPS) is 20.8. The van der Waals surface area contributed by atoms with Gasteiger partial charge in [0.1, 0.15) is 0 Å². The average Bonchev–Trinajstić information content (AvgIpc) is 3.14. The Bertz CT molecular complexity index is 499. The molecule has 0 saturated heterocycles. The van der Waals surface area contributed by atoms with E-state index in [-0.39, 0.29) is 5.91 Å². The molecule has 3 nitrogen and oxygen atoms in total. The fraction of sp³-hybridized carbons (Fsp3) is 0.562. The average molecular weight is 293 g/mol. The van der Waals surface area contributed by atoms with Crippen LogP contribution < -0.4 is 10.6 Å². The quantitative estimate of drug-likeness (QED) is 0.792. The van der Waals surface area contributed by atoms with E-state index in [1.165, 1.54) is 11.1 Å². The van der Waals surface area contributed by atoms with Gasteiger partial charge in [-0.25, -0.2) is 0 Å². The molecule has 2 aliphatic rings. The van der Waals surface area contributed by atoms with Gasteiger partial charge in [-0.3, -0.25) is 4.79 Å². The van der Waals surface area contributed by atoms with E-state index in [1.54, 1.807) is 0 Å². The zero-order valence-corrected chi connectivity index (χ0v) is 12.4. The van der Waals surface area contributed by atoms with Crippen molar-refractivity contribution in [1.29, 1.82) is 0 Å². The number of rotatable bonds is 6. The predicted octanol–water partition coefficient (Wildman–Crippen LogP) is 2.98. The monoisotopic (exact) mass is 292 g/mol. The van der Waals surface area contributed by atoms with Crippen molar-refractivity contribution < 1.29 is 4.79 Å². The standard InChI is InChI=1S/C16H21ClN2O/c17-12-4-7-14-11(10-12)3-8-15(14)18-9-1-2-16(20)19-13-5-6-13/h4,7,10,13,15,18H,1-3,5-6,8-9H2,(H,19,20). The van der Waals surface area contributed by atoms with Crippen LogP contribution in [0, 0.1) is 0 Å². The molecule has 0 spiro atoms. The zero-order valence-electron chi connectivity index (χ0n) is 11.6. The maximum atomic E-state index is 11.6. The number of fused-ring (bicyclic) bond motifs is 1. The van der Waals surface area contributed by atoms with Crippen LogP contribution >= 0.6 is 11.6 Å². The Labute approximate surface area is 125 Å². The van der Waals surface area contributed by atoms with Crippen LogP contribution in [0.4, 0.5) is 0 Å². The highest BCUT2D eigenvalue weighted by atomic mass is 35.5. The SMILES string of the molecule is O=C(CCCNC1CCc2cc(Cl)ccc21)NC1CC1. The molecule has 4 heteroatoms. The zero-order chi connectivity index (χ0) is 13.9. The fourth-order valence-corrected chi connectivity index (χ4v) is 3.05. The molecule has 0 heterocycles. The van der Waals surface area contributed by atoms with E-state index in [0.717, 1.165) is 43.7 Å². The van der Waals surface area contributed by atoms with Crippen molar-refractivity contribution in [2.24, 2.45) is 0 Å². The maximum absolute atomic E-state index is 11.6. The molecule has 1 unspecified atom stereocenters. The summed E-state index contributed by atoms with van der Waals surface area (Å²) < 4.78 is 0. The summed E-state index contributed by atoms with van der Waals surface area (Å²) in [7, 11) is 0. The molecule has 2 N–H and O–H groups in total. The summed E-state index contributed by atoms with van der Waals surface area (Å²) in [6.07, 6.45) is 6.07. The lowest BCUT2D eigenvalue weighted by molar-refractivity contribution is -0.121. The largest absolute Gasteiger partial charge is 0.353 e. The van der Waals surface area contributed by atoms with Gasteiger partial charge in [0.05, 0.1) is 0 Å². The molecule has 1 amide bonds. The molecule has 1 saturated carbocycles. The number of amides is 1. The summed E-state index contributed by atoms with van der Waals surface area (Å²) in [6.45, 7) is 0.894. The topological polar surface area (TPSA) is 41.1 Å². The van der Waals surface area contributed by atoms with Gasteiger partial charge in [0.15, 0.2) is 0 Å². The summed E-state index contributed by atoms with van der Waals surface area (Å²) in [6, 6.07) is 7.06. The van der Waals surface area contributed by atoms with E-state index < -0.39 is 0 Å². The van der Waals surface area contributed by atoms with Crippen molar-refractivity contribution in [3.63, 3.8) is 0 Å². The second-order valence-corrected chi connectivity index (χ2v) is 6.27. The van der Waals surface area contributed by atoms with Crippen LogP contribution in [0.1, 0.15) is 49.3 Å². The number of nitrogens with one attached hydrogen (secondary N) is 2. The molecule has 0 aromatic heterocycles. The summed E-state index contributed by atoms with van der Waals surface area (Å²) in [5.41, 5.74) is 2.73. The van der Waals surface area contributed by atoms with Gasteiger partial charge in [-0.15, -0.1) is 0 Å². The highest BCUT2D eigenvalue weighted by Gasteiger charge is 2.23. The molecule has 1 atom stereocenters. The maximum Gasteiger partial charge on any atom is 0.220 e. The van der Waals surface area contributed by atoms with Crippen molar-refractivity contribution in [2.75, 3.05) is 6.54 Å². The van der Waals surface area contributed by atoms with Gasteiger partial charge in [-0.05, 0) is 61.9 Å².